The van der Waals surface area contributed by atoms with E-state index in [-0.39, 0.29) is 5.97 Å². The number of allylic oxidation sites excluding steroid dienone is 1. The highest BCUT2D eigenvalue weighted by Gasteiger charge is 2.26. The van der Waals surface area contributed by atoms with Crippen molar-refractivity contribution >= 4 is 5.97 Å². The van der Waals surface area contributed by atoms with Crippen LogP contribution < -0.4 is 0 Å². The first-order chi connectivity index (χ1) is 5.24. The van der Waals surface area contributed by atoms with Crippen LogP contribution in [-0.2, 0) is 9.53 Å². The minimum absolute atomic E-state index is 0.337. The van der Waals surface area contributed by atoms with Crippen molar-refractivity contribution < 1.29 is 9.53 Å². The Balaban J connectivity index is 2.00. The summed E-state index contributed by atoms with van der Waals surface area (Å²) < 4.78 is 4.79. The van der Waals surface area contributed by atoms with Crippen LogP contribution in [0.25, 0.3) is 0 Å². The Morgan fingerprint density at radius 3 is 2.91 bits per heavy atom. The second-order valence-corrected chi connectivity index (χ2v) is 2.72. The maximum Gasteiger partial charge on any atom is 0.330 e. The van der Waals surface area contributed by atoms with Crippen molar-refractivity contribution in [3.05, 3.63) is 24.8 Å². The minimum atomic E-state index is -0.337. The third-order valence-corrected chi connectivity index (χ3v) is 1.80. The lowest BCUT2D eigenvalue weighted by atomic mass is 10.3. The molecule has 1 fully saturated rings. The molecule has 0 amide bonds. The average Bonchev–Trinajstić information content (AvgIpc) is 2.66. The second kappa shape index (κ2) is 3.37. The normalized spacial score (nSPS) is 21.1. The van der Waals surface area contributed by atoms with Gasteiger partial charge in [0.1, 0.15) is 0 Å². The molecule has 0 aromatic heterocycles. The standard InChI is InChI=1S/C9H12O2/c1-3-9(10)11-5-4-8-6-7(8)2/h3,8H,1-2,4-6H2. The van der Waals surface area contributed by atoms with E-state index in [0.29, 0.717) is 12.5 Å². The van der Waals surface area contributed by atoms with E-state index in [9.17, 15) is 4.79 Å². The molecule has 0 bridgehead atoms. The lowest BCUT2D eigenvalue weighted by molar-refractivity contribution is -0.137. The average molecular weight is 152 g/mol. The summed E-state index contributed by atoms with van der Waals surface area (Å²) in [4.78, 5) is 10.5. The molecule has 11 heavy (non-hydrogen) atoms. The Bertz CT molecular complexity index is 194. The first-order valence-corrected chi connectivity index (χ1v) is 3.71. The molecule has 0 heterocycles. The summed E-state index contributed by atoms with van der Waals surface area (Å²) in [5, 5.41) is 0. The third kappa shape index (κ3) is 2.58. The predicted molar refractivity (Wildman–Crippen MR) is 43.0 cm³/mol. The van der Waals surface area contributed by atoms with Gasteiger partial charge in [-0.15, -0.1) is 0 Å². The fraction of sp³-hybridized carbons (Fsp3) is 0.444. The fourth-order valence-corrected chi connectivity index (χ4v) is 0.924. The molecule has 1 saturated carbocycles. The lowest BCUT2D eigenvalue weighted by Crippen LogP contribution is -2.02. The molecule has 60 valence electrons. The van der Waals surface area contributed by atoms with Crippen LogP contribution in [-0.4, -0.2) is 12.6 Å². The Morgan fingerprint density at radius 2 is 2.45 bits per heavy atom. The van der Waals surface area contributed by atoms with Gasteiger partial charge in [-0.25, -0.2) is 4.79 Å². The van der Waals surface area contributed by atoms with E-state index in [0.717, 1.165) is 12.8 Å². The van der Waals surface area contributed by atoms with Crippen molar-refractivity contribution in [2.45, 2.75) is 12.8 Å². The molecule has 1 rings (SSSR count). The molecule has 0 radical (unpaired) electrons. The molecule has 2 nitrogen and oxygen atoms in total. The van der Waals surface area contributed by atoms with Crippen molar-refractivity contribution in [2.24, 2.45) is 5.92 Å². The van der Waals surface area contributed by atoms with Gasteiger partial charge in [0.2, 0.25) is 0 Å². The van der Waals surface area contributed by atoms with E-state index < -0.39 is 0 Å². The first kappa shape index (κ1) is 8.05. The fourth-order valence-electron chi connectivity index (χ4n) is 0.924. The van der Waals surface area contributed by atoms with Crippen molar-refractivity contribution in [1.29, 1.82) is 0 Å². The van der Waals surface area contributed by atoms with Gasteiger partial charge in [-0.3, -0.25) is 0 Å². The van der Waals surface area contributed by atoms with Crippen LogP contribution in [0, 0.1) is 5.92 Å². The number of hydrogen-bond acceptors (Lipinski definition) is 2. The molecule has 1 aliphatic rings. The van der Waals surface area contributed by atoms with Gasteiger partial charge in [0.15, 0.2) is 0 Å². The largest absolute Gasteiger partial charge is 0.463 e. The van der Waals surface area contributed by atoms with Crippen LogP contribution in [0.5, 0.6) is 0 Å². The maximum atomic E-state index is 10.5. The van der Waals surface area contributed by atoms with Crippen molar-refractivity contribution in [3.8, 4) is 0 Å². The number of carbonyl (C=O) groups excluding carboxylic acids is 1. The molecular formula is C9H12O2. The van der Waals surface area contributed by atoms with Gasteiger partial charge in [-0.1, -0.05) is 18.7 Å². The minimum Gasteiger partial charge on any atom is -0.463 e. The first-order valence-electron chi connectivity index (χ1n) is 3.71. The molecule has 0 N–H and O–H groups in total. The summed E-state index contributed by atoms with van der Waals surface area (Å²) in [5.41, 5.74) is 1.28. The topological polar surface area (TPSA) is 26.3 Å². The predicted octanol–water partition coefficient (Wildman–Crippen LogP) is 1.68. The van der Waals surface area contributed by atoms with E-state index in [2.05, 4.69) is 13.2 Å². The summed E-state index contributed by atoms with van der Waals surface area (Å²) in [5.74, 6) is 0.267. The molecule has 0 spiro atoms. The van der Waals surface area contributed by atoms with Crippen LogP contribution in [0.3, 0.4) is 0 Å². The molecule has 0 aliphatic heterocycles. The van der Waals surface area contributed by atoms with Crippen molar-refractivity contribution in [2.75, 3.05) is 6.61 Å². The molecule has 0 saturated heterocycles. The van der Waals surface area contributed by atoms with Crippen LogP contribution >= 0.6 is 0 Å². The van der Waals surface area contributed by atoms with Crippen LogP contribution in [0.1, 0.15) is 12.8 Å². The monoisotopic (exact) mass is 152 g/mol. The molecule has 0 aromatic carbocycles. The zero-order valence-corrected chi connectivity index (χ0v) is 6.51. The Morgan fingerprint density at radius 1 is 1.82 bits per heavy atom. The van der Waals surface area contributed by atoms with E-state index >= 15 is 0 Å². The highest BCUT2D eigenvalue weighted by Crippen LogP contribution is 2.38. The highest BCUT2D eigenvalue weighted by molar-refractivity contribution is 5.81. The van der Waals surface area contributed by atoms with Crippen LogP contribution in [0.15, 0.2) is 24.8 Å². The Hall–Kier alpha value is -1.05. The zero-order valence-electron chi connectivity index (χ0n) is 6.51. The maximum absolute atomic E-state index is 10.5. The second-order valence-electron chi connectivity index (χ2n) is 2.72. The van der Waals surface area contributed by atoms with Gasteiger partial charge >= 0.3 is 5.97 Å². The van der Waals surface area contributed by atoms with Crippen LogP contribution in [0.2, 0.25) is 0 Å². The van der Waals surface area contributed by atoms with E-state index in [1.807, 2.05) is 0 Å². The van der Waals surface area contributed by atoms with Gasteiger partial charge in [-0.2, -0.15) is 0 Å². The molecular weight excluding hydrogens is 140 g/mol. The third-order valence-electron chi connectivity index (χ3n) is 1.80. The smallest absolute Gasteiger partial charge is 0.330 e. The van der Waals surface area contributed by atoms with Crippen LogP contribution in [0.4, 0.5) is 0 Å². The van der Waals surface area contributed by atoms with Gasteiger partial charge in [0.05, 0.1) is 6.61 Å². The number of ether oxygens (including phenoxy) is 1. The van der Waals surface area contributed by atoms with Gasteiger partial charge in [0, 0.05) is 6.08 Å². The summed E-state index contributed by atoms with van der Waals surface area (Å²) in [6.45, 7) is 7.60. The van der Waals surface area contributed by atoms with E-state index in [4.69, 9.17) is 4.74 Å². The number of carbonyl (C=O) groups is 1. The zero-order chi connectivity index (χ0) is 8.27. The number of hydrogen-bond donors (Lipinski definition) is 0. The quantitative estimate of drug-likeness (QED) is 0.348. The molecule has 1 unspecified atom stereocenters. The van der Waals surface area contributed by atoms with Gasteiger partial charge in [-0.05, 0) is 18.8 Å². The summed E-state index contributed by atoms with van der Waals surface area (Å²) in [6.07, 6.45) is 3.20. The summed E-state index contributed by atoms with van der Waals surface area (Å²) in [6, 6.07) is 0. The Labute approximate surface area is 66.5 Å². The summed E-state index contributed by atoms with van der Waals surface area (Å²) in [7, 11) is 0. The lowest BCUT2D eigenvalue weighted by Gasteiger charge is -1.98. The van der Waals surface area contributed by atoms with Gasteiger partial charge < -0.3 is 4.74 Å². The molecule has 0 aromatic rings. The SMILES string of the molecule is C=CC(=O)OCCC1CC1=C. The molecule has 1 aliphatic carbocycles. The molecule has 1 atom stereocenters. The van der Waals surface area contributed by atoms with E-state index in [1.165, 1.54) is 11.6 Å². The highest BCUT2D eigenvalue weighted by atomic mass is 16.5. The van der Waals surface area contributed by atoms with E-state index in [1.54, 1.807) is 0 Å². The Kier molecular flexibility index (Phi) is 2.47. The van der Waals surface area contributed by atoms with Gasteiger partial charge in [0.25, 0.3) is 0 Å². The summed E-state index contributed by atoms with van der Waals surface area (Å²) >= 11 is 0. The number of esters is 1. The van der Waals surface area contributed by atoms with Crippen molar-refractivity contribution in [1.82, 2.24) is 0 Å². The number of rotatable bonds is 4. The molecule has 2 heteroatoms. The van der Waals surface area contributed by atoms with Crippen molar-refractivity contribution in [3.63, 3.8) is 0 Å².